The lowest BCUT2D eigenvalue weighted by Crippen LogP contribution is -2.29. The lowest BCUT2D eigenvalue weighted by atomic mass is 10.1. The number of rotatable bonds is 7. The van der Waals surface area contributed by atoms with Crippen LogP contribution >= 0.6 is 0 Å². The SMILES string of the molecule is Cc1oc2ccccc2c1CNCCCN(C)C(C)C. The van der Waals surface area contributed by atoms with Gasteiger partial charge in [0, 0.05) is 23.5 Å². The molecule has 1 N–H and O–H groups in total. The average molecular weight is 274 g/mol. The van der Waals surface area contributed by atoms with E-state index in [1.54, 1.807) is 0 Å². The average Bonchev–Trinajstić information content (AvgIpc) is 2.74. The molecular formula is C17H26N2O. The monoisotopic (exact) mass is 274 g/mol. The normalized spacial score (nSPS) is 11.9. The molecular weight excluding hydrogens is 248 g/mol. The second-order valence-electron chi connectivity index (χ2n) is 5.74. The first-order chi connectivity index (χ1) is 9.59. The maximum atomic E-state index is 5.78. The van der Waals surface area contributed by atoms with Crippen molar-refractivity contribution in [3.8, 4) is 0 Å². The summed E-state index contributed by atoms with van der Waals surface area (Å²) in [5, 5.41) is 4.76. The minimum absolute atomic E-state index is 0.620. The van der Waals surface area contributed by atoms with Gasteiger partial charge in [-0.1, -0.05) is 18.2 Å². The summed E-state index contributed by atoms with van der Waals surface area (Å²) >= 11 is 0. The first-order valence-electron chi connectivity index (χ1n) is 7.47. The van der Waals surface area contributed by atoms with Gasteiger partial charge in [-0.15, -0.1) is 0 Å². The van der Waals surface area contributed by atoms with Crippen molar-refractivity contribution < 1.29 is 4.42 Å². The van der Waals surface area contributed by atoms with Crippen LogP contribution in [-0.4, -0.2) is 31.1 Å². The molecule has 0 unspecified atom stereocenters. The van der Waals surface area contributed by atoms with Crippen molar-refractivity contribution in [1.29, 1.82) is 0 Å². The van der Waals surface area contributed by atoms with E-state index in [9.17, 15) is 0 Å². The van der Waals surface area contributed by atoms with E-state index >= 15 is 0 Å². The zero-order valence-electron chi connectivity index (χ0n) is 13.1. The number of aryl methyl sites for hydroxylation is 1. The van der Waals surface area contributed by atoms with Crippen LogP contribution in [0.4, 0.5) is 0 Å². The maximum absolute atomic E-state index is 5.78. The van der Waals surface area contributed by atoms with Gasteiger partial charge in [-0.2, -0.15) is 0 Å². The molecule has 0 saturated carbocycles. The molecule has 0 saturated heterocycles. The molecule has 0 amide bonds. The van der Waals surface area contributed by atoms with Crippen LogP contribution < -0.4 is 5.32 Å². The molecule has 0 fully saturated rings. The summed E-state index contributed by atoms with van der Waals surface area (Å²) in [5.41, 5.74) is 2.28. The number of hydrogen-bond acceptors (Lipinski definition) is 3. The van der Waals surface area contributed by atoms with Gasteiger partial charge in [-0.25, -0.2) is 0 Å². The molecule has 3 heteroatoms. The summed E-state index contributed by atoms with van der Waals surface area (Å²) in [4.78, 5) is 2.38. The van der Waals surface area contributed by atoms with E-state index in [0.29, 0.717) is 6.04 Å². The zero-order chi connectivity index (χ0) is 14.5. The van der Waals surface area contributed by atoms with Crippen LogP contribution in [0, 0.1) is 6.92 Å². The Bertz CT molecular complexity index is 545. The van der Waals surface area contributed by atoms with E-state index < -0.39 is 0 Å². The molecule has 2 rings (SSSR count). The predicted molar refractivity (Wildman–Crippen MR) is 85.0 cm³/mol. The molecule has 0 radical (unpaired) electrons. The number of benzene rings is 1. The molecule has 0 bridgehead atoms. The molecule has 0 spiro atoms. The standard InChI is InChI=1S/C17H26N2O/c1-13(2)19(4)11-7-10-18-12-16-14(3)20-17-9-6-5-8-15(16)17/h5-6,8-9,13,18H,7,10-12H2,1-4H3. The molecule has 1 heterocycles. The highest BCUT2D eigenvalue weighted by Crippen LogP contribution is 2.24. The van der Waals surface area contributed by atoms with Gasteiger partial charge < -0.3 is 14.6 Å². The summed E-state index contributed by atoms with van der Waals surface area (Å²) < 4.78 is 5.78. The van der Waals surface area contributed by atoms with Crippen LogP contribution in [-0.2, 0) is 6.54 Å². The van der Waals surface area contributed by atoms with Gasteiger partial charge in [0.25, 0.3) is 0 Å². The van der Waals surface area contributed by atoms with E-state index in [1.807, 2.05) is 19.1 Å². The summed E-state index contributed by atoms with van der Waals surface area (Å²) in [5.74, 6) is 1.03. The van der Waals surface area contributed by atoms with Gasteiger partial charge in [0.05, 0.1) is 0 Å². The van der Waals surface area contributed by atoms with E-state index in [4.69, 9.17) is 4.42 Å². The number of fused-ring (bicyclic) bond motifs is 1. The number of para-hydroxylation sites is 1. The van der Waals surface area contributed by atoms with E-state index in [1.165, 1.54) is 17.4 Å². The van der Waals surface area contributed by atoms with Crippen LogP contribution in [0.3, 0.4) is 0 Å². The quantitative estimate of drug-likeness (QED) is 0.783. The minimum Gasteiger partial charge on any atom is -0.461 e. The molecule has 0 aliphatic rings. The molecule has 3 nitrogen and oxygen atoms in total. The van der Waals surface area contributed by atoms with Crippen LogP contribution in [0.1, 0.15) is 31.6 Å². The Kier molecular flexibility index (Phi) is 5.21. The maximum Gasteiger partial charge on any atom is 0.134 e. The Labute approximate surface area is 122 Å². The number of hydrogen-bond donors (Lipinski definition) is 1. The number of nitrogens with one attached hydrogen (secondary N) is 1. The zero-order valence-corrected chi connectivity index (χ0v) is 13.1. The molecule has 0 aliphatic carbocycles. The third-order valence-electron chi connectivity index (χ3n) is 3.95. The van der Waals surface area contributed by atoms with Crippen LogP contribution in [0.25, 0.3) is 11.0 Å². The third-order valence-corrected chi connectivity index (χ3v) is 3.95. The Morgan fingerprint density at radius 2 is 2.00 bits per heavy atom. The van der Waals surface area contributed by atoms with Crippen molar-refractivity contribution in [3.63, 3.8) is 0 Å². The smallest absolute Gasteiger partial charge is 0.134 e. The topological polar surface area (TPSA) is 28.4 Å². The molecule has 1 aromatic heterocycles. The number of furan rings is 1. The van der Waals surface area contributed by atoms with Crippen LogP contribution in [0.2, 0.25) is 0 Å². The highest BCUT2D eigenvalue weighted by molar-refractivity contribution is 5.82. The lowest BCUT2D eigenvalue weighted by Gasteiger charge is -2.20. The van der Waals surface area contributed by atoms with E-state index in [2.05, 4.69) is 43.2 Å². The van der Waals surface area contributed by atoms with Crippen molar-refractivity contribution in [3.05, 3.63) is 35.6 Å². The van der Waals surface area contributed by atoms with Gasteiger partial charge in [0.1, 0.15) is 11.3 Å². The van der Waals surface area contributed by atoms with Crippen LogP contribution in [0.5, 0.6) is 0 Å². The molecule has 1 aromatic carbocycles. The first kappa shape index (κ1) is 15.1. The fourth-order valence-electron chi connectivity index (χ4n) is 2.37. The Balaban J connectivity index is 1.83. The van der Waals surface area contributed by atoms with Gasteiger partial charge >= 0.3 is 0 Å². The Hall–Kier alpha value is -1.32. The van der Waals surface area contributed by atoms with Crippen molar-refractivity contribution >= 4 is 11.0 Å². The van der Waals surface area contributed by atoms with Gasteiger partial charge in [0.2, 0.25) is 0 Å². The molecule has 2 aromatic rings. The molecule has 0 aliphatic heterocycles. The summed E-state index contributed by atoms with van der Waals surface area (Å²) in [6.45, 7) is 9.56. The third kappa shape index (κ3) is 3.62. The highest BCUT2D eigenvalue weighted by Gasteiger charge is 2.09. The minimum atomic E-state index is 0.620. The second kappa shape index (κ2) is 6.91. The fraction of sp³-hybridized carbons (Fsp3) is 0.529. The van der Waals surface area contributed by atoms with Crippen molar-refractivity contribution in [2.75, 3.05) is 20.1 Å². The van der Waals surface area contributed by atoms with Gasteiger partial charge in [-0.05, 0) is 53.4 Å². The largest absolute Gasteiger partial charge is 0.461 e. The van der Waals surface area contributed by atoms with Crippen LogP contribution in [0.15, 0.2) is 28.7 Å². The summed E-state index contributed by atoms with van der Waals surface area (Å²) in [7, 11) is 2.18. The van der Waals surface area contributed by atoms with Crippen molar-refractivity contribution in [2.24, 2.45) is 0 Å². The van der Waals surface area contributed by atoms with E-state index in [0.717, 1.165) is 31.0 Å². The predicted octanol–water partition coefficient (Wildman–Crippen LogP) is 3.56. The van der Waals surface area contributed by atoms with E-state index in [-0.39, 0.29) is 0 Å². The molecule has 0 atom stereocenters. The molecule has 110 valence electrons. The van der Waals surface area contributed by atoms with Gasteiger partial charge in [0.15, 0.2) is 0 Å². The summed E-state index contributed by atoms with van der Waals surface area (Å²) in [6, 6.07) is 8.87. The first-order valence-corrected chi connectivity index (χ1v) is 7.47. The Morgan fingerprint density at radius 1 is 1.25 bits per heavy atom. The van der Waals surface area contributed by atoms with Crippen molar-refractivity contribution in [1.82, 2.24) is 10.2 Å². The highest BCUT2D eigenvalue weighted by atomic mass is 16.3. The fourth-order valence-corrected chi connectivity index (χ4v) is 2.37. The Morgan fingerprint density at radius 3 is 2.75 bits per heavy atom. The second-order valence-corrected chi connectivity index (χ2v) is 5.74. The molecule has 20 heavy (non-hydrogen) atoms. The van der Waals surface area contributed by atoms with Gasteiger partial charge in [-0.3, -0.25) is 0 Å². The summed E-state index contributed by atoms with van der Waals surface area (Å²) in [6.07, 6.45) is 1.17. The lowest BCUT2D eigenvalue weighted by molar-refractivity contribution is 0.269. The van der Waals surface area contributed by atoms with Crippen molar-refractivity contribution in [2.45, 2.75) is 39.8 Å². The number of nitrogens with zero attached hydrogens (tertiary/aromatic N) is 1.